The molecule has 2 aromatic rings. The van der Waals surface area contributed by atoms with Gasteiger partial charge in [0.05, 0.1) is 12.8 Å². The molecule has 0 amide bonds. The Morgan fingerprint density at radius 3 is 2.59 bits per heavy atom. The predicted octanol–water partition coefficient (Wildman–Crippen LogP) is 3.40. The number of aromatic nitrogens is 1. The molecule has 0 fully saturated rings. The molecular formula is C19H19NO2. The lowest BCUT2D eigenvalue weighted by Crippen LogP contribution is -2.00. The largest absolute Gasteiger partial charge is 0.497 e. The minimum Gasteiger partial charge on any atom is -0.497 e. The lowest BCUT2D eigenvalue weighted by Gasteiger charge is -2.07. The Balaban J connectivity index is 1.68. The minimum absolute atomic E-state index is 0.117. The van der Waals surface area contributed by atoms with Gasteiger partial charge in [0, 0.05) is 23.3 Å². The first kappa shape index (κ1) is 14.5. The standard InChI is InChI=1S/C19H19NO2/c1-13(21)17-11-12-19-18(17)10-7-15(20-19)6-3-14-4-8-16(22-2)9-5-14/h4-5,7-11H,3,6,12H2,1-2H3. The van der Waals surface area contributed by atoms with Crippen molar-refractivity contribution in [2.45, 2.75) is 26.2 Å². The molecule has 22 heavy (non-hydrogen) atoms. The van der Waals surface area contributed by atoms with E-state index < -0.39 is 0 Å². The van der Waals surface area contributed by atoms with Crippen LogP contribution in [0.3, 0.4) is 0 Å². The fraction of sp³-hybridized carbons (Fsp3) is 0.263. The molecule has 0 N–H and O–H groups in total. The maximum Gasteiger partial charge on any atom is 0.160 e. The molecular weight excluding hydrogens is 274 g/mol. The highest BCUT2D eigenvalue weighted by molar-refractivity contribution is 6.20. The zero-order valence-electron chi connectivity index (χ0n) is 12.9. The maximum atomic E-state index is 11.6. The summed E-state index contributed by atoms with van der Waals surface area (Å²) in [6.07, 6.45) is 4.59. The van der Waals surface area contributed by atoms with Crippen molar-refractivity contribution >= 4 is 11.4 Å². The summed E-state index contributed by atoms with van der Waals surface area (Å²) in [4.78, 5) is 16.3. The molecule has 0 saturated heterocycles. The summed E-state index contributed by atoms with van der Waals surface area (Å²) < 4.78 is 5.17. The molecule has 3 nitrogen and oxygen atoms in total. The van der Waals surface area contributed by atoms with Crippen LogP contribution in [-0.4, -0.2) is 17.9 Å². The Bertz CT molecular complexity index is 730. The zero-order valence-corrected chi connectivity index (χ0v) is 12.9. The van der Waals surface area contributed by atoms with Gasteiger partial charge in [-0.2, -0.15) is 0 Å². The Kier molecular flexibility index (Phi) is 4.05. The Labute approximate surface area is 130 Å². The third-order valence-corrected chi connectivity index (χ3v) is 4.03. The maximum absolute atomic E-state index is 11.6. The van der Waals surface area contributed by atoms with Gasteiger partial charge in [0.25, 0.3) is 0 Å². The molecule has 0 unspecified atom stereocenters. The Morgan fingerprint density at radius 1 is 1.14 bits per heavy atom. The first-order chi connectivity index (χ1) is 10.7. The number of hydrogen-bond acceptors (Lipinski definition) is 3. The molecule has 3 rings (SSSR count). The molecule has 0 atom stereocenters. The van der Waals surface area contributed by atoms with Gasteiger partial charge in [0.1, 0.15) is 5.75 Å². The summed E-state index contributed by atoms with van der Waals surface area (Å²) in [5.74, 6) is 0.994. The van der Waals surface area contributed by atoms with Crippen molar-refractivity contribution < 1.29 is 9.53 Å². The number of benzene rings is 1. The van der Waals surface area contributed by atoms with Crippen molar-refractivity contribution in [1.82, 2.24) is 4.98 Å². The number of ketones is 1. The van der Waals surface area contributed by atoms with Crippen molar-refractivity contribution in [2.75, 3.05) is 7.11 Å². The van der Waals surface area contributed by atoms with Gasteiger partial charge in [0.15, 0.2) is 5.78 Å². The van der Waals surface area contributed by atoms with Crippen LogP contribution in [0.4, 0.5) is 0 Å². The van der Waals surface area contributed by atoms with Gasteiger partial charge in [-0.3, -0.25) is 9.78 Å². The fourth-order valence-electron chi connectivity index (χ4n) is 2.79. The summed E-state index contributed by atoms with van der Waals surface area (Å²) in [6.45, 7) is 1.61. The van der Waals surface area contributed by atoms with E-state index in [0.29, 0.717) is 0 Å². The van der Waals surface area contributed by atoms with Gasteiger partial charge in [0.2, 0.25) is 0 Å². The number of ether oxygens (including phenoxy) is 1. The van der Waals surface area contributed by atoms with Crippen molar-refractivity contribution in [1.29, 1.82) is 0 Å². The van der Waals surface area contributed by atoms with Gasteiger partial charge in [-0.05, 0) is 43.5 Å². The Morgan fingerprint density at radius 2 is 1.91 bits per heavy atom. The second-order valence-electron chi connectivity index (χ2n) is 5.52. The summed E-state index contributed by atoms with van der Waals surface area (Å²) >= 11 is 0. The van der Waals surface area contributed by atoms with Crippen LogP contribution in [0.1, 0.15) is 29.4 Å². The third-order valence-electron chi connectivity index (χ3n) is 4.03. The van der Waals surface area contributed by atoms with E-state index >= 15 is 0 Å². The monoisotopic (exact) mass is 293 g/mol. The highest BCUT2D eigenvalue weighted by atomic mass is 16.5. The molecule has 0 aliphatic heterocycles. The van der Waals surface area contributed by atoms with Crippen LogP contribution in [0, 0.1) is 0 Å². The van der Waals surface area contributed by atoms with Crippen LogP contribution in [-0.2, 0) is 24.1 Å². The van der Waals surface area contributed by atoms with E-state index in [1.54, 1.807) is 14.0 Å². The summed E-state index contributed by atoms with van der Waals surface area (Å²) in [7, 11) is 1.67. The van der Waals surface area contributed by atoms with Gasteiger partial charge in [-0.25, -0.2) is 0 Å². The molecule has 1 aliphatic carbocycles. The van der Waals surface area contributed by atoms with E-state index in [9.17, 15) is 4.79 Å². The van der Waals surface area contributed by atoms with Crippen LogP contribution in [0.25, 0.3) is 5.57 Å². The second-order valence-corrected chi connectivity index (χ2v) is 5.52. The van der Waals surface area contributed by atoms with E-state index in [1.807, 2.05) is 30.3 Å². The van der Waals surface area contributed by atoms with Gasteiger partial charge >= 0.3 is 0 Å². The number of pyridine rings is 1. The van der Waals surface area contributed by atoms with Gasteiger partial charge in [-0.1, -0.05) is 24.3 Å². The van der Waals surface area contributed by atoms with E-state index in [2.05, 4.69) is 12.1 Å². The molecule has 1 aliphatic rings. The number of carbonyl (C=O) groups is 1. The van der Waals surface area contributed by atoms with Crippen molar-refractivity contribution in [3.63, 3.8) is 0 Å². The highest BCUT2D eigenvalue weighted by Gasteiger charge is 2.18. The zero-order chi connectivity index (χ0) is 15.5. The number of Topliss-reactive ketones (excluding diaryl/α,β-unsaturated/α-hetero) is 1. The molecule has 1 aromatic carbocycles. The van der Waals surface area contributed by atoms with Crippen LogP contribution in [0.2, 0.25) is 0 Å². The smallest absolute Gasteiger partial charge is 0.160 e. The van der Waals surface area contributed by atoms with Crippen LogP contribution >= 0.6 is 0 Å². The Hall–Kier alpha value is -2.42. The molecule has 1 aromatic heterocycles. The number of allylic oxidation sites excluding steroid dienone is 2. The summed E-state index contributed by atoms with van der Waals surface area (Å²) in [6, 6.07) is 12.2. The summed E-state index contributed by atoms with van der Waals surface area (Å²) in [5, 5.41) is 0. The lowest BCUT2D eigenvalue weighted by atomic mass is 10.0. The van der Waals surface area contributed by atoms with E-state index in [1.165, 1.54) is 5.56 Å². The average Bonchev–Trinajstić information content (AvgIpc) is 2.96. The third kappa shape index (κ3) is 2.93. The topological polar surface area (TPSA) is 39.2 Å². The molecule has 0 saturated carbocycles. The van der Waals surface area contributed by atoms with E-state index in [-0.39, 0.29) is 5.78 Å². The molecule has 112 valence electrons. The fourth-order valence-corrected chi connectivity index (χ4v) is 2.79. The predicted molar refractivity (Wildman–Crippen MR) is 87.0 cm³/mol. The van der Waals surface area contributed by atoms with Crippen LogP contribution in [0.5, 0.6) is 5.75 Å². The van der Waals surface area contributed by atoms with Gasteiger partial charge < -0.3 is 4.74 Å². The van der Waals surface area contributed by atoms with Crippen LogP contribution < -0.4 is 4.74 Å². The first-order valence-corrected chi connectivity index (χ1v) is 7.50. The first-order valence-electron chi connectivity index (χ1n) is 7.50. The quantitative estimate of drug-likeness (QED) is 0.848. The average molecular weight is 293 g/mol. The number of fused-ring (bicyclic) bond motifs is 1. The van der Waals surface area contributed by atoms with Crippen molar-refractivity contribution in [2.24, 2.45) is 0 Å². The molecule has 1 heterocycles. The number of carbonyl (C=O) groups excluding carboxylic acids is 1. The van der Waals surface area contributed by atoms with E-state index in [4.69, 9.17) is 9.72 Å². The molecule has 0 spiro atoms. The molecule has 0 radical (unpaired) electrons. The number of nitrogens with zero attached hydrogens (tertiary/aromatic N) is 1. The summed E-state index contributed by atoms with van der Waals surface area (Å²) in [5.41, 5.74) is 5.18. The number of aryl methyl sites for hydroxylation is 2. The second kappa shape index (κ2) is 6.14. The van der Waals surface area contributed by atoms with Crippen molar-refractivity contribution in [3.05, 3.63) is 65.0 Å². The lowest BCUT2D eigenvalue weighted by molar-refractivity contribution is -0.111. The van der Waals surface area contributed by atoms with Crippen LogP contribution in [0.15, 0.2) is 42.5 Å². The molecule has 0 bridgehead atoms. The number of rotatable bonds is 5. The normalized spacial score (nSPS) is 12.7. The van der Waals surface area contributed by atoms with Gasteiger partial charge in [-0.15, -0.1) is 0 Å². The highest BCUT2D eigenvalue weighted by Crippen LogP contribution is 2.27. The molecule has 3 heteroatoms. The number of hydrogen-bond donors (Lipinski definition) is 0. The van der Waals surface area contributed by atoms with E-state index in [0.717, 1.165) is 47.5 Å². The minimum atomic E-state index is 0.117. The SMILES string of the molecule is COc1ccc(CCc2ccc3c(n2)CC=C3C(C)=O)cc1. The van der Waals surface area contributed by atoms with Crippen molar-refractivity contribution in [3.8, 4) is 5.75 Å². The number of methoxy groups -OCH3 is 1.